The Balaban J connectivity index is 1.96. The van der Waals surface area contributed by atoms with E-state index in [9.17, 15) is 4.79 Å². The third-order valence-corrected chi connectivity index (χ3v) is 4.12. The minimum atomic E-state index is -0.396. The molecule has 1 aliphatic carbocycles. The molecular formula is C14H26N2O2. The summed E-state index contributed by atoms with van der Waals surface area (Å²) < 4.78 is 5.46. The summed E-state index contributed by atoms with van der Waals surface area (Å²) >= 11 is 0. The van der Waals surface area contributed by atoms with Gasteiger partial charge < -0.3 is 15.0 Å². The summed E-state index contributed by atoms with van der Waals surface area (Å²) in [5.41, 5.74) is -0.396. The first kappa shape index (κ1) is 13.7. The average Bonchev–Trinajstić information content (AvgIpc) is 2.70. The quantitative estimate of drug-likeness (QED) is 0.780. The molecule has 2 rings (SSSR count). The lowest BCUT2D eigenvalue weighted by Crippen LogP contribution is -2.41. The maximum atomic E-state index is 12.1. The average molecular weight is 254 g/mol. The van der Waals surface area contributed by atoms with Crippen molar-refractivity contribution >= 4 is 6.09 Å². The van der Waals surface area contributed by atoms with Gasteiger partial charge >= 0.3 is 6.09 Å². The molecule has 0 aromatic heterocycles. The first-order valence-corrected chi connectivity index (χ1v) is 7.06. The van der Waals surface area contributed by atoms with E-state index in [1.54, 1.807) is 0 Å². The molecule has 4 nitrogen and oxygen atoms in total. The summed E-state index contributed by atoms with van der Waals surface area (Å²) in [7, 11) is 2.03. The molecule has 1 amide bonds. The van der Waals surface area contributed by atoms with Gasteiger partial charge in [0.2, 0.25) is 0 Å². The van der Waals surface area contributed by atoms with Crippen molar-refractivity contribution in [2.24, 2.45) is 11.8 Å². The molecule has 0 aromatic rings. The number of fused-ring (bicyclic) bond motifs is 1. The molecule has 1 saturated carbocycles. The summed E-state index contributed by atoms with van der Waals surface area (Å²) in [5, 5.41) is 3.40. The van der Waals surface area contributed by atoms with Crippen molar-refractivity contribution in [3.63, 3.8) is 0 Å². The standard InChI is InChI=1S/C14H26N2O2/c1-14(2,3)18-13(17)16-8-10-6-5-7-12(15-4)11(10)9-16/h10-12,15H,5-9H2,1-4H3. The highest BCUT2D eigenvalue weighted by molar-refractivity contribution is 5.68. The van der Waals surface area contributed by atoms with E-state index in [1.807, 2.05) is 32.7 Å². The molecule has 1 saturated heterocycles. The molecule has 0 radical (unpaired) electrons. The zero-order valence-corrected chi connectivity index (χ0v) is 12.0. The normalized spacial score (nSPS) is 32.2. The lowest BCUT2D eigenvalue weighted by Gasteiger charge is -2.32. The number of nitrogens with zero attached hydrogens (tertiary/aromatic N) is 1. The molecule has 2 fully saturated rings. The second-order valence-corrected chi connectivity index (χ2v) is 6.64. The number of amides is 1. The zero-order chi connectivity index (χ0) is 13.3. The topological polar surface area (TPSA) is 41.6 Å². The van der Waals surface area contributed by atoms with E-state index in [0.29, 0.717) is 17.9 Å². The van der Waals surface area contributed by atoms with Crippen LogP contribution in [-0.4, -0.2) is 42.8 Å². The van der Waals surface area contributed by atoms with Crippen molar-refractivity contribution in [3.8, 4) is 0 Å². The van der Waals surface area contributed by atoms with Crippen LogP contribution in [0, 0.1) is 11.8 Å². The van der Waals surface area contributed by atoms with Crippen LogP contribution in [0.5, 0.6) is 0 Å². The second kappa shape index (κ2) is 5.08. The van der Waals surface area contributed by atoms with Crippen molar-refractivity contribution in [1.29, 1.82) is 0 Å². The minimum absolute atomic E-state index is 0.147. The van der Waals surface area contributed by atoms with E-state index in [-0.39, 0.29) is 6.09 Å². The van der Waals surface area contributed by atoms with E-state index in [1.165, 1.54) is 19.3 Å². The number of hydrogen-bond acceptors (Lipinski definition) is 3. The number of nitrogens with one attached hydrogen (secondary N) is 1. The fourth-order valence-corrected chi connectivity index (χ4v) is 3.31. The largest absolute Gasteiger partial charge is 0.444 e. The van der Waals surface area contributed by atoms with Gasteiger partial charge in [-0.25, -0.2) is 4.79 Å². The van der Waals surface area contributed by atoms with Crippen LogP contribution in [0.3, 0.4) is 0 Å². The number of ether oxygens (including phenoxy) is 1. The molecular weight excluding hydrogens is 228 g/mol. The van der Waals surface area contributed by atoms with Gasteiger partial charge in [-0.05, 0) is 52.5 Å². The Morgan fingerprint density at radius 1 is 1.28 bits per heavy atom. The van der Waals surface area contributed by atoms with Gasteiger partial charge in [0.1, 0.15) is 5.60 Å². The minimum Gasteiger partial charge on any atom is -0.444 e. The second-order valence-electron chi connectivity index (χ2n) is 6.64. The molecule has 3 atom stereocenters. The van der Waals surface area contributed by atoms with Gasteiger partial charge in [-0.3, -0.25) is 0 Å². The lowest BCUT2D eigenvalue weighted by atomic mass is 9.78. The van der Waals surface area contributed by atoms with Crippen LogP contribution in [0.2, 0.25) is 0 Å². The number of carbonyl (C=O) groups excluding carboxylic acids is 1. The smallest absolute Gasteiger partial charge is 0.410 e. The van der Waals surface area contributed by atoms with Crippen molar-refractivity contribution in [2.45, 2.75) is 51.7 Å². The van der Waals surface area contributed by atoms with Crippen LogP contribution in [-0.2, 0) is 4.74 Å². The maximum absolute atomic E-state index is 12.1. The molecule has 18 heavy (non-hydrogen) atoms. The Morgan fingerprint density at radius 2 is 2.00 bits per heavy atom. The Kier molecular flexibility index (Phi) is 3.85. The fraction of sp³-hybridized carbons (Fsp3) is 0.929. The van der Waals surface area contributed by atoms with Crippen LogP contribution < -0.4 is 5.32 Å². The molecule has 1 N–H and O–H groups in total. The molecule has 1 heterocycles. The van der Waals surface area contributed by atoms with E-state index in [4.69, 9.17) is 4.74 Å². The summed E-state index contributed by atoms with van der Waals surface area (Å²) in [4.78, 5) is 14.0. The zero-order valence-electron chi connectivity index (χ0n) is 12.0. The SMILES string of the molecule is CNC1CCCC2CN(C(=O)OC(C)(C)C)CC21. The van der Waals surface area contributed by atoms with Crippen LogP contribution >= 0.6 is 0 Å². The predicted molar refractivity (Wildman–Crippen MR) is 71.5 cm³/mol. The van der Waals surface area contributed by atoms with E-state index in [2.05, 4.69) is 5.32 Å². The highest BCUT2D eigenvalue weighted by Crippen LogP contribution is 2.36. The summed E-state index contributed by atoms with van der Waals surface area (Å²) in [6.07, 6.45) is 3.61. The number of hydrogen-bond donors (Lipinski definition) is 1. The molecule has 0 bridgehead atoms. The van der Waals surface area contributed by atoms with Gasteiger partial charge in [-0.15, -0.1) is 0 Å². The number of likely N-dealkylation sites (tertiary alicyclic amines) is 1. The van der Waals surface area contributed by atoms with Crippen molar-refractivity contribution in [1.82, 2.24) is 10.2 Å². The summed E-state index contributed by atoms with van der Waals surface area (Å²) in [6.45, 7) is 7.49. The van der Waals surface area contributed by atoms with Gasteiger partial charge in [0.05, 0.1) is 0 Å². The van der Waals surface area contributed by atoms with E-state index < -0.39 is 5.60 Å². The van der Waals surface area contributed by atoms with Gasteiger partial charge in [0.25, 0.3) is 0 Å². The van der Waals surface area contributed by atoms with E-state index in [0.717, 1.165) is 13.1 Å². The predicted octanol–water partition coefficient (Wildman–Crippen LogP) is 2.24. The first-order chi connectivity index (χ1) is 8.40. The maximum Gasteiger partial charge on any atom is 0.410 e. The van der Waals surface area contributed by atoms with Crippen molar-refractivity contribution in [3.05, 3.63) is 0 Å². The molecule has 0 spiro atoms. The van der Waals surface area contributed by atoms with Gasteiger partial charge in [-0.1, -0.05) is 6.42 Å². The Labute approximate surface area is 110 Å². The summed E-state index contributed by atoms with van der Waals surface area (Å²) in [6, 6.07) is 0.566. The highest BCUT2D eigenvalue weighted by atomic mass is 16.6. The molecule has 4 heteroatoms. The Morgan fingerprint density at radius 3 is 2.61 bits per heavy atom. The molecule has 0 aromatic carbocycles. The highest BCUT2D eigenvalue weighted by Gasteiger charge is 2.42. The van der Waals surface area contributed by atoms with Crippen LogP contribution in [0.1, 0.15) is 40.0 Å². The van der Waals surface area contributed by atoms with Crippen molar-refractivity contribution < 1.29 is 9.53 Å². The van der Waals surface area contributed by atoms with Crippen LogP contribution in [0.25, 0.3) is 0 Å². The number of carbonyl (C=O) groups is 1. The molecule has 104 valence electrons. The van der Waals surface area contributed by atoms with Gasteiger partial charge in [0, 0.05) is 19.1 Å². The molecule has 2 aliphatic rings. The third-order valence-electron chi connectivity index (χ3n) is 4.12. The van der Waals surface area contributed by atoms with Gasteiger partial charge in [-0.2, -0.15) is 0 Å². The Bertz CT molecular complexity index is 311. The van der Waals surface area contributed by atoms with Gasteiger partial charge in [0.15, 0.2) is 0 Å². The monoisotopic (exact) mass is 254 g/mol. The summed E-state index contributed by atoms with van der Waals surface area (Å²) in [5.74, 6) is 1.26. The van der Waals surface area contributed by atoms with Crippen LogP contribution in [0.15, 0.2) is 0 Å². The third kappa shape index (κ3) is 2.97. The molecule has 1 aliphatic heterocycles. The van der Waals surface area contributed by atoms with E-state index >= 15 is 0 Å². The van der Waals surface area contributed by atoms with Crippen molar-refractivity contribution in [2.75, 3.05) is 20.1 Å². The number of rotatable bonds is 1. The Hall–Kier alpha value is -0.770. The fourth-order valence-electron chi connectivity index (χ4n) is 3.31. The van der Waals surface area contributed by atoms with Crippen LogP contribution in [0.4, 0.5) is 4.79 Å². The molecule has 3 unspecified atom stereocenters. The lowest BCUT2D eigenvalue weighted by molar-refractivity contribution is 0.0283. The first-order valence-electron chi connectivity index (χ1n) is 7.06.